The van der Waals surface area contributed by atoms with Gasteiger partial charge in [0.15, 0.2) is 0 Å². The number of benzene rings is 1. The van der Waals surface area contributed by atoms with Crippen molar-refractivity contribution in [3.63, 3.8) is 0 Å². The third-order valence-corrected chi connectivity index (χ3v) is 4.92. The lowest BCUT2D eigenvalue weighted by molar-refractivity contribution is -0.131. The van der Waals surface area contributed by atoms with Crippen molar-refractivity contribution in [1.82, 2.24) is 4.90 Å². The molecule has 128 valence electrons. The molecule has 1 aromatic heterocycles. The Balaban J connectivity index is 1.76. The maximum atomic E-state index is 12.8. The van der Waals surface area contributed by atoms with E-state index in [1.807, 2.05) is 24.3 Å². The molecule has 7 heteroatoms. The average molecular weight is 355 g/mol. The van der Waals surface area contributed by atoms with Crippen molar-refractivity contribution in [3.8, 4) is 6.07 Å². The minimum Gasteiger partial charge on any atom is -0.467 e. The van der Waals surface area contributed by atoms with Crippen LogP contribution in [0.1, 0.15) is 12.2 Å². The van der Waals surface area contributed by atoms with Gasteiger partial charge in [0.05, 0.1) is 36.7 Å². The van der Waals surface area contributed by atoms with Crippen LogP contribution in [0, 0.1) is 11.3 Å². The van der Waals surface area contributed by atoms with Gasteiger partial charge in [-0.1, -0.05) is 12.1 Å². The summed E-state index contributed by atoms with van der Waals surface area (Å²) >= 11 is 1.48. The molecule has 0 spiro atoms. The molecule has 1 aromatic carbocycles. The maximum absolute atomic E-state index is 12.8. The molecule has 1 aliphatic heterocycles. The molecule has 0 bridgehead atoms. The number of nitriles is 1. The predicted octanol–water partition coefficient (Wildman–Crippen LogP) is 2.66. The van der Waals surface area contributed by atoms with E-state index in [9.17, 15) is 9.59 Å². The first kappa shape index (κ1) is 17.1. The number of carbonyl (C=O) groups excluding carboxylic acids is 2. The summed E-state index contributed by atoms with van der Waals surface area (Å²) in [5, 5.41) is 8.84. The normalized spacial score (nSPS) is 13.2. The van der Waals surface area contributed by atoms with E-state index in [1.165, 1.54) is 16.7 Å². The molecule has 0 aliphatic carbocycles. The van der Waals surface area contributed by atoms with Crippen molar-refractivity contribution >= 4 is 29.3 Å². The second kappa shape index (κ2) is 7.90. The Morgan fingerprint density at radius 1 is 1.32 bits per heavy atom. The van der Waals surface area contributed by atoms with Gasteiger partial charge in [-0.15, -0.1) is 11.8 Å². The molecule has 3 rings (SSSR count). The van der Waals surface area contributed by atoms with Crippen molar-refractivity contribution in [2.24, 2.45) is 0 Å². The van der Waals surface area contributed by atoms with Gasteiger partial charge in [-0.3, -0.25) is 9.59 Å². The van der Waals surface area contributed by atoms with Crippen molar-refractivity contribution < 1.29 is 14.0 Å². The fraction of sp³-hybridized carbons (Fsp3) is 0.278. The van der Waals surface area contributed by atoms with E-state index in [2.05, 4.69) is 6.07 Å². The molecule has 0 unspecified atom stereocenters. The molecule has 0 saturated heterocycles. The molecular weight excluding hydrogens is 338 g/mol. The number of anilines is 1. The van der Waals surface area contributed by atoms with E-state index < -0.39 is 0 Å². The van der Waals surface area contributed by atoms with E-state index >= 15 is 0 Å². The number of amides is 2. The fourth-order valence-corrected chi connectivity index (χ4v) is 3.57. The first-order chi connectivity index (χ1) is 12.2. The topological polar surface area (TPSA) is 77.6 Å². The highest BCUT2D eigenvalue weighted by Crippen LogP contribution is 2.34. The molecule has 2 heterocycles. The highest BCUT2D eigenvalue weighted by Gasteiger charge is 2.28. The standard InChI is InChI=1S/C18H17N3O3S/c19-8-4-9-20(11-14-5-3-10-24-14)17(22)12-21-15-6-1-2-7-16(15)25-13-18(21)23/h1-3,5-7,10H,4,9,11-13H2. The zero-order chi connectivity index (χ0) is 17.6. The van der Waals surface area contributed by atoms with E-state index in [0.717, 1.165) is 10.6 Å². The predicted molar refractivity (Wildman–Crippen MR) is 93.9 cm³/mol. The second-order valence-electron chi connectivity index (χ2n) is 5.54. The average Bonchev–Trinajstić information content (AvgIpc) is 3.14. The summed E-state index contributed by atoms with van der Waals surface area (Å²) < 4.78 is 5.30. The van der Waals surface area contributed by atoms with E-state index in [4.69, 9.17) is 9.68 Å². The van der Waals surface area contributed by atoms with Crippen LogP contribution in [0.3, 0.4) is 0 Å². The minimum atomic E-state index is -0.207. The summed E-state index contributed by atoms with van der Waals surface area (Å²) in [5.74, 6) is 0.671. The Bertz CT molecular complexity index is 798. The number of rotatable bonds is 6. The summed E-state index contributed by atoms with van der Waals surface area (Å²) in [5.41, 5.74) is 0.760. The second-order valence-corrected chi connectivity index (χ2v) is 6.56. The molecule has 0 fully saturated rings. The molecule has 0 N–H and O–H groups in total. The van der Waals surface area contributed by atoms with Crippen LogP contribution in [0.15, 0.2) is 52.0 Å². The van der Waals surface area contributed by atoms with Crippen molar-refractivity contribution in [3.05, 3.63) is 48.4 Å². The highest BCUT2D eigenvalue weighted by atomic mass is 32.2. The lowest BCUT2D eigenvalue weighted by atomic mass is 10.2. The van der Waals surface area contributed by atoms with Crippen LogP contribution in [0.2, 0.25) is 0 Å². The van der Waals surface area contributed by atoms with E-state index in [1.54, 1.807) is 23.3 Å². The van der Waals surface area contributed by atoms with Gasteiger partial charge in [-0.05, 0) is 24.3 Å². The van der Waals surface area contributed by atoms with Crippen LogP contribution in [0.25, 0.3) is 0 Å². The summed E-state index contributed by atoms with van der Waals surface area (Å²) in [6, 6.07) is 13.1. The number of hydrogen-bond acceptors (Lipinski definition) is 5. The third kappa shape index (κ3) is 4.03. The first-order valence-electron chi connectivity index (χ1n) is 7.88. The molecule has 6 nitrogen and oxygen atoms in total. The number of para-hydroxylation sites is 1. The van der Waals surface area contributed by atoms with Crippen LogP contribution in [0.5, 0.6) is 0 Å². The summed E-state index contributed by atoms with van der Waals surface area (Å²) in [7, 11) is 0. The van der Waals surface area contributed by atoms with Gasteiger partial charge < -0.3 is 14.2 Å². The SMILES string of the molecule is N#CCCN(Cc1ccco1)C(=O)CN1C(=O)CSc2ccccc21. The van der Waals surface area contributed by atoms with Gasteiger partial charge in [0.2, 0.25) is 11.8 Å². The molecule has 0 saturated carbocycles. The fourth-order valence-electron chi connectivity index (χ4n) is 2.63. The zero-order valence-electron chi connectivity index (χ0n) is 13.6. The van der Waals surface area contributed by atoms with Gasteiger partial charge in [0, 0.05) is 11.4 Å². The Morgan fingerprint density at radius 3 is 2.92 bits per heavy atom. The number of nitrogens with zero attached hydrogens (tertiary/aromatic N) is 3. The molecular formula is C18H17N3O3S. The summed E-state index contributed by atoms with van der Waals surface area (Å²) in [4.78, 5) is 29.2. The molecule has 2 amide bonds. The molecule has 0 radical (unpaired) electrons. The number of fused-ring (bicyclic) bond motifs is 1. The third-order valence-electron chi connectivity index (χ3n) is 3.87. The minimum absolute atomic E-state index is 0.0391. The first-order valence-corrected chi connectivity index (χ1v) is 8.87. The Morgan fingerprint density at radius 2 is 2.16 bits per heavy atom. The molecule has 1 aliphatic rings. The van der Waals surface area contributed by atoms with Crippen molar-refractivity contribution in [1.29, 1.82) is 5.26 Å². The summed E-state index contributed by atoms with van der Waals surface area (Å²) in [6.45, 7) is 0.545. The number of furan rings is 1. The van der Waals surface area contributed by atoms with Crippen LogP contribution < -0.4 is 4.90 Å². The van der Waals surface area contributed by atoms with E-state index in [0.29, 0.717) is 18.1 Å². The van der Waals surface area contributed by atoms with Gasteiger partial charge in [-0.25, -0.2) is 0 Å². The van der Waals surface area contributed by atoms with Crippen LogP contribution in [-0.2, 0) is 16.1 Å². The number of hydrogen-bond donors (Lipinski definition) is 0. The Kier molecular flexibility index (Phi) is 5.41. The number of thioether (sulfide) groups is 1. The number of carbonyl (C=O) groups is 2. The van der Waals surface area contributed by atoms with Gasteiger partial charge in [-0.2, -0.15) is 5.26 Å². The van der Waals surface area contributed by atoms with E-state index in [-0.39, 0.29) is 31.3 Å². The van der Waals surface area contributed by atoms with Crippen LogP contribution in [-0.4, -0.2) is 35.6 Å². The van der Waals surface area contributed by atoms with Gasteiger partial charge in [0.1, 0.15) is 12.3 Å². The molecule has 2 aromatic rings. The quantitative estimate of drug-likeness (QED) is 0.796. The lowest BCUT2D eigenvalue weighted by Crippen LogP contribution is -2.45. The monoisotopic (exact) mass is 355 g/mol. The van der Waals surface area contributed by atoms with Crippen molar-refractivity contribution in [2.45, 2.75) is 17.9 Å². The van der Waals surface area contributed by atoms with Crippen LogP contribution >= 0.6 is 11.8 Å². The van der Waals surface area contributed by atoms with Gasteiger partial charge >= 0.3 is 0 Å². The molecule has 25 heavy (non-hydrogen) atoms. The highest BCUT2D eigenvalue weighted by molar-refractivity contribution is 8.00. The Labute approximate surface area is 150 Å². The van der Waals surface area contributed by atoms with Gasteiger partial charge in [0.25, 0.3) is 0 Å². The largest absolute Gasteiger partial charge is 0.467 e. The lowest BCUT2D eigenvalue weighted by Gasteiger charge is -2.30. The summed E-state index contributed by atoms with van der Waals surface area (Å²) in [6.07, 6.45) is 1.77. The smallest absolute Gasteiger partial charge is 0.243 e. The zero-order valence-corrected chi connectivity index (χ0v) is 14.4. The Hall–Kier alpha value is -2.72. The van der Waals surface area contributed by atoms with Crippen LogP contribution in [0.4, 0.5) is 5.69 Å². The van der Waals surface area contributed by atoms with Crippen molar-refractivity contribution in [2.75, 3.05) is 23.7 Å². The maximum Gasteiger partial charge on any atom is 0.243 e. The molecule has 0 atom stereocenters.